The first-order chi connectivity index (χ1) is 7.02. The van der Waals surface area contributed by atoms with Crippen LogP contribution in [0.1, 0.15) is 24.2 Å². The number of nitrogens with one attached hydrogen (secondary N) is 1. The van der Waals surface area contributed by atoms with Crippen LogP contribution < -0.4 is 11.1 Å². The van der Waals surface area contributed by atoms with Crippen molar-refractivity contribution in [1.29, 1.82) is 0 Å². The Bertz CT molecular complexity index is 366. The summed E-state index contributed by atoms with van der Waals surface area (Å²) in [5.41, 5.74) is 5.18. The van der Waals surface area contributed by atoms with Crippen LogP contribution >= 0.6 is 0 Å². The maximum atomic E-state index is 13.3. The second kappa shape index (κ2) is 4.72. The van der Waals surface area contributed by atoms with Gasteiger partial charge in [0, 0.05) is 12.7 Å². The highest BCUT2D eigenvalue weighted by Crippen LogP contribution is 2.11. The molecule has 3 N–H and O–H groups in total. The van der Waals surface area contributed by atoms with Gasteiger partial charge in [-0.05, 0) is 12.0 Å². The van der Waals surface area contributed by atoms with E-state index in [1.807, 2.05) is 13.8 Å². The average Bonchev–Trinajstić information content (AvgIpc) is 2.18. The third-order valence-electron chi connectivity index (χ3n) is 1.83. The molecular formula is C10H14FN3O. The number of nitrogen functional groups attached to an aromatic ring is 1. The van der Waals surface area contributed by atoms with Crippen molar-refractivity contribution in [2.24, 2.45) is 5.92 Å². The maximum Gasteiger partial charge on any atom is 0.254 e. The molecule has 0 aliphatic heterocycles. The molecule has 1 amide bonds. The zero-order valence-electron chi connectivity index (χ0n) is 8.75. The van der Waals surface area contributed by atoms with Crippen LogP contribution in [0.15, 0.2) is 12.3 Å². The van der Waals surface area contributed by atoms with Crippen molar-refractivity contribution in [3.8, 4) is 0 Å². The molecule has 1 aromatic heterocycles. The zero-order valence-corrected chi connectivity index (χ0v) is 8.75. The second-order valence-corrected chi connectivity index (χ2v) is 3.66. The Hall–Kier alpha value is -1.65. The molecule has 0 fully saturated rings. The smallest absolute Gasteiger partial charge is 0.254 e. The lowest BCUT2D eigenvalue weighted by atomic mass is 10.2. The van der Waals surface area contributed by atoms with Gasteiger partial charge in [0.1, 0.15) is 0 Å². The molecule has 4 nitrogen and oxygen atoms in total. The van der Waals surface area contributed by atoms with Crippen molar-refractivity contribution in [1.82, 2.24) is 10.3 Å². The molecule has 0 spiro atoms. The molecule has 1 rings (SSSR count). The van der Waals surface area contributed by atoms with Gasteiger partial charge in [-0.15, -0.1) is 0 Å². The molecule has 82 valence electrons. The van der Waals surface area contributed by atoms with E-state index >= 15 is 0 Å². The predicted molar refractivity (Wildman–Crippen MR) is 55.8 cm³/mol. The van der Waals surface area contributed by atoms with Gasteiger partial charge < -0.3 is 11.1 Å². The average molecular weight is 211 g/mol. The molecule has 0 radical (unpaired) electrons. The first-order valence-electron chi connectivity index (χ1n) is 4.70. The van der Waals surface area contributed by atoms with Crippen LogP contribution in [0.4, 0.5) is 10.2 Å². The fourth-order valence-corrected chi connectivity index (χ4v) is 1.03. The van der Waals surface area contributed by atoms with E-state index in [-0.39, 0.29) is 11.4 Å². The largest absolute Gasteiger partial charge is 0.381 e. The lowest BCUT2D eigenvalue weighted by molar-refractivity contribution is 0.0945. The van der Waals surface area contributed by atoms with Gasteiger partial charge in [-0.2, -0.15) is 0 Å². The van der Waals surface area contributed by atoms with Crippen LogP contribution in [-0.2, 0) is 0 Å². The van der Waals surface area contributed by atoms with E-state index < -0.39 is 11.7 Å². The van der Waals surface area contributed by atoms with Gasteiger partial charge in [-0.1, -0.05) is 13.8 Å². The van der Waals surface area contributed by atoms with E-state index in [2.05, 4.69) is 10.3 Å². The quantitative estimate of drug-likeness (QED) is 0.789. The van der Waals surface area contributed by atoms with Crippen molar-refractivity contribution in [3.05, 3.63) is 23.6 Å². The van der Waals surface area contributed by atoms with Crippen LogP contribution in [0.25, 0.3) is 0 Å². The number of rotatable bonds is 3. The summed E-state index contributed by atoms with van der Waals surface area (Å²) in [7, 11) is 0. The van der Waals surface area contributed by atoms with E-state index in [1.54, 1.807) is 0 Å². The van der Waals surface area contributed by atoms with Crippen LogP contribution in [0.3, 0.4) is 0 Å². The van der Waals surface area contributed by atoms with Crippen molar-refractivity contribution >= 4 is 11.7 Å². The number of pyridine rings is 1. The zero-order chi connectivity index (χ0) is 11.4. The lowest BCUT2D eigenvalue weighted by Crippen LogP contribution is -2.28. The summed E-state index contributed by atoms with van der Waals surface area (Å²) in [6.07, 6.45) is 1.31. The monoisotopic (exact) mass is 211 g/mol. The third kappa shape index (κ3) is 2.90. The number of nitrogens with zero attached hydrogens (tertiary/aromatic N) is 1. The van der Waals surface area contributed by atoms with Gasteiger partial charge in [0.25, 0.3) is 5.91 Å². The molecule has 0 saturated heterocycles. The highest BCUT2D eigenvalue weighted by Gasteiger charge is 2.14. The standard InChI is InChI=1S/C10H14FN3O/c1-6(2)5-14-10(15)7-3-4-13-9(12)8(7)11/h3-4,6H,5H2,1-2H3,(H2,12,13)(H,14,15). The fourth-order valence-electron chi connectivity index (χ4n) is 1.03. The summed E-state index contributed by atoms with van der Waals surface area (Å²) in [6, 6.07) is 1.31. The summed E-state index contributed by atoms with van der Waals surface area (Å²) in [5, 5.41) is 2.60. The van der Waals surface area contributed by atoms with Gasteiger partial charge in [0.2, 0.25) is 0 Å². The minimum Gasteiger partial charge on any atom is -0.381 e. The fraction of sp³-hybridized carbons (Fsp3) is 0.400. The molecule has 0 aliphatic carbocycles. The van der Waals surface area contributed by atoms with E-state index in [9.17, 15) is 9.18 Å². The van der Waals surface area contributed by atoms with E-state index in [0.29, 0.717) is 12.5 Å². The molecule has 0 saturated carbocycles. The number of amides is 1. The van der Waals surface area contributed by atoms with Crippen LogP contribution in [0.2, 0.25) is 0 Å². The number of anilines is 1. The Morgan fingerprint density at radius 2 is 2.33 bits per heavy atom. The molecular weight excluding hydrogens is 197 g/mol. The summed E-state index contributed by atoms with van der Waals surface area (Å²) >= 11 is 0. The van der Waals surface area contributed by atoms with Gasteiger partial charge in [0.15, 0.2) is 11.6 Å². The molecule has 15 heavy (non-hydrogen) atoms. The van der Waals surface area contributed by atoms with Crippen molar-refractivity contribution in [3.63, 3.8) is 0 Å². The molecule has 0 bridgehead atoms. The summed E-state index contributed by atoms with van der Waals surface area (Å²) in [4.78, 5) is 15.0. The minimum atomic E-state index is -0.765. The van der Waals surface area contributed by atoms with Crippen molar-refractivity contribution < 1.29 is 9.18 Å². The maximum absolute atomic E-state index is 13.3. The highest BCUT2D eigenvalue weighted by atomic mass is 19.1. The normalized spacial score (nSPS) is 10.4. The van der Waals surface area contributed by atoms with Gasteiger partial charge in [0.05, 0.1) is 5.56 Å². The Balaban J connectivity index is 2.78. The summed E-state index contributed by atoms with van der Waals surface area (Å²) in [5.74, 6) is -1.17. The van der Waals surface area contributed by atoms with Crippen molar-refractivity contribution in [2.75, 3.05) is 12.3 Å². The lowest BCUT2D eigenvalue weighted by Gasteiger charge is -2.08. The van der Waals surface area contributed by atoms with Gasteiger partial charge in [-0.3, -0.25) is 4.79 Å². The Kier molecular flexibility index (Phi) is 3.60. The molecule has 0 atom stereocenters. The van der Waals surface area contributed by atoms with E-state index in [1.165, 1.54) is 12.3 Å². The molecule has 0 aromatic carbocycles. The van der Waals surface area contributed by atoms with Crippen LogP contribution in [0, 0.1) is 11.7 Å². The van der Waals surface area contributed by atoms with Gasteiger partial charge >= 0.3 is 0 Å². The predicted octanol–water partition coefficient (Wildman–Crippen LogP) is 1.19. The number of nitrogens with two attached hydrogens (primary N) is 1. The van der Waals surface area contributed by atoms with Crippen LogP contribution in [0.5, 0.6) is 0 Å². The second-order valence-electron chi connectivity index (χ2n) is 3.66. The number of hydrogen-bond acceptors (Lipinski definition) is 3. The molecule has 0 aliphatic rings. The highest BCUT2D eigenvalue weighted by molar-refractivity contribution is 5.95. The molecule has 5 heteroatoms. The van der Waals surface area contributed by atoms with Crippen LogP contribution in [-0.4, -0.2) is 17.4 Å². The minimum absolute atomic E-state index is 0.0665. The topological polar surface area (TPSA) is 68.0 Å². The number of hydrogen-bond donors (Lipinski definition) is 2. The molecule has 1 heterocycles. The Morgan fingerprint density at radius 1 is 1.67 bits per heavy atom. The first kappa shape index (κ1) is 11.4. The molecule has 1 aromatic rings. The molecule has 0 unspecified atom stereocenters. The number of carbonyl (C=O) groups is 1. The Labute approximate surface area is 87.7 Å². The SMILES string of the molecule is CC(C)CNC(=O)c1ccnc(N)c1F. The number of halogens is 1. The third-order valence-corrected chi connectivity index (χ3v) is 1.83. The van der Waals surface area contributed by atoms with Gasteiger partial charge in [-0.25, -0.2) is 9.37 Å². The first-order valence-corrected chi connectivity index (χ1v) is 4.70. The summed E-state index contributed by atoms with van der Waals surface area (Å²) in [6.45, 7) is 4.41. The van der Waals surface area contributed by atoms with Crippen molar-refractivity contribution in [2.45, 2.75) is 13.8 Å². The number of carbonyl (C=O) groups excluding carboxylic acids is 1. The summed E-state index contributed by atoms with van der Waals surface area (Å²) < 4.78 is 13.3. The van der Waals surface area contributed by atoms with E-state index in [0.717, 1.165) is 0 Å². The number of aromatic nitrogens is 1. The van der Waals surface area contributed by atoms with E-state index in [4.69, 9.17) is 5.73 Å². The Morgan fingerprint density at radius 3 is 2.93 bits per heavy atom.